The molecule has 2 rings (SSSR count). The molecule has 0 saturated carbocycles. The number of hydrogen-bond donors (Lipinski definition) is 0. The molecule has 2 heterocycles. The summed E-state index contributed by atoms with van der Waals surface area (Å²) in [6.45, 7) is 2.88. The number of halogens is 1. The van der Waals surface area contributed by atoms with E-state index in [1.54, 1.807) is 6.20 Å². The van der Waals surface area contributed by atoms with Crippen molar-refractivity contribution in [3.05, 3.63) is 36.2 Å². The van der Waals surface area contributed by atoms with Crippen molar-refractivity contribution in [1.29, 1.82) is 0 Å². The summed E-state index contributed by atoms with van der Waals surface area (Å²) in [5, 5.41) is 4.44. The summed E-state index contributed by atoms with van der Waals surface area (Å²) in [7, 11) is 0. The average molecular weight is 222 g/mol. The van der Waals surface area contributed by atoms with Crippen molar-refractivity contribution in [3.8, 4) is 11.4 Å². The summed E-state index contributed by atoms with van der Waals surface area (Å²) in [5.41, 5.74) is 2.80. The Bertz CT molecular complexity index is 415. The standard InChI is InChI=1S/C11H12ClN3/c1-2-15-9(8-12)7-11(14-15)10-5-3-4-6-13-10/h3-7H,2,8H2,1H3. The Balaban J connectivity index is 2.42. The van der Waals surface area contributed by atoms with E-state index < -0.39 is 0 Å². The molecule has 0 radical (unpaired) electrons. The molecule has 0 amide bonds. The van der Waals surface area contributed by atoms with Crippen LogP contribution in [-0.4, -0.2) is 14.8 Å². The lowest BCUT2D eigenvalue weighted by atomic mass is 10.2. The SMILES string of the molecule is CCn1nc(-c2ccccn2)cc1CCl. The number of aromatic nitrogens is 3. The summed E-state index contributed by atoms with van der Waals surface area (Å²) >= 11 is 5.83. The highest BCUT2D eigenvalue weighted by Gasteiger charge is 2.07. The molecule has 0 aliphatic heterocycles. The molecule has 0 bridgehead atoms. The van der Waals surface area contributed by atoms with Crippen LogP contribution in [0.1, 0.15) is 12.6 Å². The molecule has 78 valence electrons. The molecule has 0 aliphatic carbocycles. The highest BCUT2D eigenvalue weighted by atomic mass is 35.5. The van der Waals surface area contributed by atoms with Gasteiger partial charge in [-0.25, -0.2) is 0 Å². The van der Waals surface area contributed by atoms with E-state index in [1.807, 2.05) is 35.9 Å². The molecule has 2 aromatic rings. The highest BCUT2D eigenvalue weighted by molar-refractivity contribution is 6.16. The van der Waals surface area contributed by atoms with Crippen LogP contribution in [0.5, 0.6) is 0 Å². The van der Waals surface area contributed by atoms with Gasteiger partial charge in [0.15, 0.2) is 0 Å². The van der Waals surface area contributed by atoms with Gasteiger partial charge in [-0.1, -0.05) is 6.07 Å². The lowest BCUT2D eigenvalue weighted by Crippen LogP contribution is -2.00. The third-order valence-corrected chi connectivity index (χ3v) is 2.50. The summed E-state index contributed by atoms with van der Waals surface area (Å²) in [6.07, 6.45) is 1.76. The van der Waals surface area contributed by atoms with Crippen molar-refractivity contribution in [2.45, 2.75) is 19.3 Å². The Kier molecular flexibility index (Phi) is 3.02. The van der Waals surface area contributed by atoms with Crippen LogP contribution in [0.15, 0.2) is 30.5 Å². The average Bonchev–Trinajstić information content (AvgIpc) is 2.73. The monoisotopic (exact) mass is 221 g/mol. The topological polar surface area (TPSA) is 30.7 Å². The van der Waals surface area contributed by atoms with E-state index >= 15 is 0 Å². The van der Waals surface area contributed by atoms with E-state index in [4.69, 9.17) is 11.6 Å². The molecule has 2 aromatic heterocycles. The third-order valence-electron chi connectivity index (χ3n) is 2.23. The fourth-order valence-corrected chi connectivity index (χ4v) is 1.69. The zero-order chi connectivity index (χ0) is 10.7. The van der Waals surface area contributed by atoms with Gasteiger partial charge in [-0.15, -0.1) is 11.6 Å². The smallest absolute Gasteiger partial charge is 0.111 e. The summed E-state index contributed by atoms with van der Waals surface area (Å²) in [4.78, 5) is 4.25. The van der Waals surface area contributed by atoms with E-state index in [9.17, 15) is 0 Å². The van der Waals surface area contributed by atoms with Gasteiger partial charge < -0.3 is 0 Å². The summed E-state index contributed by atoms with van der Waals surface area (Å²) in [5.74, 6) is 0.480. The molecule has 0 spiro atoms. The van der Waals surface area contributed by atoms with Crippen LogP contribution in [-0.2, 0) is 12.4 Å². The zero-order valence-corrected chi connectivity index (χ0v) is 9.28. The normalized spacial score (nSPS) is 10.5. The second kappa shape index (κ2) is 4.45. The highest BCUT2D eigenvalue weighted by Crippen LogP contribution is 2.17. The number of aryl methyl sites for hydroxylation is 1. The van der Waals surface area contributed by atoms with Crippen molar-refractivity contribution in [2.75, 3.05) is 0 Å². The van der Waals surface area contributed by atoms with Crippen LogP contribution in [0.4, 0.5) is 0 Å². The van der Waals surface area contributed by atoms with Gasteiger partial charge in [0.05, 0.1) is 17.3 Å². The predicted molar refractivity (Wildman–Crippen MR) is 60.7 cm³/mol. The number of rotatable bonds is 3. The minimum atomic E-state index is 0.480. The second-order valence-corrected chi connectivity index (χ2v) is 3.45. The lowest BCUT2D eigenvalue weighted by molar-refractivity contribution is 0.638. The number of nitrogens with zero attached hydrogens (tertiary/aromatic N) is 3. The fourth-order valence-electron chi connectivity index (χ4n) is 1.48. The van der Waals surface area contributed by atoms with Gasteiger partial charge in [-0.2, -0.15) is 5.10 Å². The van der Waals surface area contributed by atoms with Gasteiger partial charge in [-0.3, -0.25) is 9.67 Å². The molecule has 15 heavy (non-hydrogen) atoms. The Morgan fingerprint density at radius 2 is 2.20 bits per heavy atom. The molecule has 0 aromatic carbocycles. The van der Waals surface area contributed by atoms with Crippen LogP contribution >= 0.6 is 11.6 Å². The van der Waals surface area contributed by atoms with Gasteiger partial charge in [0, 0.05) is 12.7 Å². The first-order valence-corrected chi connectivity index (χ1v) is 5.42. The molecule has 0 atom stereocenters. The van der Waals surface area contributed by atoms with Gasteiger partial charge in [0.2, 0.25) is 0 Å². The third kappa shape index (κ3) is 2.02. The Hall–Kier alpha value is -1.35. The molecule has 0 saturated heterocycles. The maximum atomic E-state index is 5.83. The second-order valence-electron chi connectivity index (χ2n) is 3.19. The van der Waals surface area contributed by atoms with Crippen molar-refractivity contribution >= 4 is 11.6 Å². The van der Waals surface area contributed by atoms with Gasteiger partial charge >= 0.3 is 0 Å². The van der Waals surface area contributed by atoms with Crippen molar-refractivity contribution in [2.24, 2.45) is 0 Å². The molecular weight excluding hydrogens is 210 g/mol. The molecule has 0 N–H and O–H groups in total. The van der Waals surface area contributed by atoms with Crippen molar-refractivity contribution in [1.82, 2.24) is 14.8 Å². The maximum absolute atomic E-state index is 5.83. The van der Waals surface area contributed by atoms with Gasteiger partial charge in [0.1, 0.15) is 5.69 Å². The molecule has 3 nitrogen and oxygen atoms in total. The predicted octanol–water partition coefficient (Wildman–Crippen LogP) is 2.70. The molecule has 0 fully saturated rings. The van der Waals surface area contributed by atoms with E-state index in [-0.39, 0.29) is 0 Å². The van der Waals surface area contributed by atoms with E-state index in [0.29, 0.717) is 5.88 Å². The molecule has 0 aliphatic rings. The molecular formula is C11H12ClN3. The van der Waals surface area contributed by atoms with E-state index in [0.717, 1.165) is 23.6 Å². The number of hydrogen-bond acceptors (Lipinski definition) is 2. The zero-order valence-electron chi connectivity index (χ0n) is 8.52. The van der Waals surface area contributed by atoms with E-state index in [1.165, 1.54) is 0 Å². The van der Waals surface area contributed by atoms with Crippen LogP contribution in [0.25, 0.3) is 11.4 Å². The fraction of sp³-hybridized carbons (Fsp3) is 0.273. The van der Waals surface area contributed by atoms with E-state index in [2.05, 4.69) is 10.1 Å². The van der Waals surface area contributed by atoms with Crippen LogP contribution in [0, 0.1) is 0 Å². The summed E-state index contributed by atoms with van der Waals surface area (Å²) < 4.78 is 1.90. The van der Waals surface area contributed by atoms with Crippen molar-refractivity contribution < 1.29 is 0 Å². The van der Waals surface area contributed by atoms with Gasteiger partial charge in [-0.05, 0) is 25.1 Å². The maximum Gasteiger partial charge on any atom is 0.111 e. The first-order valence-electron chi connectivity index (χ1n) is 4.89. The van der Waals surface area contributed by atoms with Gasteiger partial charge in [0.25, 0.3) is 0 Å². The van der Waals surface area contributed by atoms with Crippen LogP contribution < -0.4 is 0 Å². The Morgan fingerprint density at radius 1 is 1.33 bits per heavy atom. The minimum absolute atomic E-state index is 0.480. The number of alkyl halides is 1. The molecule has 4 heteroatoms. The van der Waals surface area contributed by atoms with Crippen LogP contribution in [0.3, 0.4) is 0 Å². The Morgan fingerprint density at radius 3 is 2.73 bits per heavy atom. The quantitative estimate of drug-likeness (QED) is 0.747. The minimum Gasteiger partial charge on any atom is -0.268 e. The summed E-state index contributed by atoms with van der Waals surface area (Å²) in [6, 6.07) is 7.77. The first-order chi connectivity index (χ1) is 7.35. The van der Waals surface area contributed by atoms with Crippen molar-refractivity contribution in [3.63, 3.8) is 0 Å². The first kappa shape index (κ1) is 10.2. The number of pyridine rings is 1. The van der Waals surface area contributed by atoms with Crippen LogP contribution in [0.2, 0.25) is 0 Å². The largest absolute Gasteiger partial charge is 0.268 e. The lowest BCUT2D eigenvalue weighted by Gasteiger charge is -1.98. The Labute approximate surface area is 93.7 Å². The molecule has 0 unspecified atom stereocenters.